The summed E-state index contributed by atoms with van der Waals surface area (Å²) in [5, 5.41) is 0. The predicted molar refractivity (Wildman–Crippen MR) is 90.9 cm³/mol. The molecule has 1 aromatic heterocycles. The molecule has 0 radical (unpaired) electrons. The Kier molecular flexibility index (Phi) is 6.40. The highest BCUT2D eigenvalue weighted by Crippen LogP contribution is 2.19. The molecule has 1 aliphatic rings. The fourth-order valence-electron chi connectivity index (χ4n) is 2.50. The van der Waals surface area contributed by atoms with Gasteiger partial charge in [0.1, 0.15) is 5.82 Å². The lowest BCUT2D eigenvalue weighted by Crippen LogP contribution is -2.36. The lowest BCUT2D eigenvalue weighted by Gasteiger charge is -2.29. The smallest absolute Gasteiger partial charge is 0.307 e. The van der Waals surface area contributed by atoms with Gasteiger partial charge in [0.25, 0.3) is 0 Å². The van der Waals surface area contributed by atoms with Crippen molar-refractivity contribution in [1.82, 2.24) is 4.98 Å². The van der Waals surface area contributed by atoms with Gasteiger partial charge in [0.05, 0.1) is 38.6 Å². The Morgan fingerprint density at radius 2 is 2.17 bits per heavy atom. The van der Waals surface area contributed by atoms with E-state index in [1.54, 1.807) is 0 Å². The first-order valence-electron chi connectivity index (χ1n) is 7.85. The zero-order chi connectivity index (χ0) is 16.7. The number of esters is 1. The van der Waals surface area contributed by atoms with Gasteiger partial charge in [-0.15, -0.1) is 0 Å². The van der Waals surface area contributed by atoms with Gasteiger partial charge in [-0.2, -0.15) is 0 Å². The number of methoxy groups -OCH3 is 1. The van der Waals surface area contributed by atoms with Crippen molar-refractivity contribution in [3.05, 3.63) is 30.5 Å². The van der Waals surface area contributed by atoms with Crippen LogP contribution < -0.4 is 9.80 Å². The van der Waals surface area contributed by atoms with Crippen molar-refractivity contribution in [3.63, 3.8) is 0 Å². The average molecular weight is 319 g/mol. The first-order chi connectivity index (χ1) is 11.1. The highest BCUT2D eigenvalue weighted by molar-refractivity contribution is 5.70. The molecule has 1 fully saturated rings. The highest BCUT2D eigenvalue weighted by Gasteiger charge is 2.14. The third-order valence-electron chi connectivity index (χ3n) is 3.71. The van der Waals surface area contributed by atoms with Gasteiger partial charge in [0.2, 0.25) is 0 Å². The second kappa shape index (κ2) is 8.53. The summed E-state index contributed by atoms with van der Waals surface area (Å²) in [6.45, 7) is 10.4. The number of aromatic nitrogens is 1. The van der Waals surface area contributed by atoms with E-state index in [9.17, 15) is 4.79 Å². The van der Waals surface area contributed by atoms with Gasteiger partial charge in [0.15, 0.2) is 0 Å². The van der Waals surface area contributed by atoms with Crippen LogP contribution in [-0.4, -0.2) is 57.5 Å². The summed E-state index contributed by atoms with van der Waals surface area (Å²) in [6, 6.07) is 4.06. The molecule has 0 unspecified atom stereocenters. The van der Waals surface area contributed by atoms with Crippen LogP contribution >= 0.6 is 0 Å². The molecule has 6 heteroatoms. The SMILES string of the molecule is C=C(C)CN(CCC(=O)OC)c1ccc(N2CCOCC2)nc1. The molecule has 126 valence electrons. The van der Waals surface area contributed by atoms with Crippen LogP contribution in [0, 0.1) is 0 Å². The summed E-state index contributed by atoms with van der Waals surface area (Å²) >= 11 is 0. The van der Waals surface area contributed by atoms with Gasteiger partial charge >= 0.3 is 5.97 Å². The quantitative estimate of drug-likeness (QED) is 0.565. The van der Waals surface area contributed by atoms with Crippen molar-refractivity contribution >= 4 is 17.5 Å². The number of ether oxygens (including phenoxy) is 2. The highest BCUT2D eigenvalue weighted by atomic mass is 16.5. The largest absolute Gasteiger partial charge is 0.469 e. The van der Waals surface area contributed by atoms with Crippen LogP contribution in [0.3, 0.4) is 0 Å². The molecular weight excluding hydrogens is 294 g/mol. The van der Waals surface area contributed by atoms with Crippen molar-refractivity contribution in [3.8, 4) is 0 Å². The number of hydrogen-bond acceptors (Lipinski definition) is 6. The van der Waals surface area contributed by atoms with Crippen LogP contribution in [0.15, 0.2) is 30.5 Å². The monoisotopic (exact) mass is 319 g/mol. The minimum Gasteiger partial charge on any atom is -0.469 e. The van der Waals surface area contributed by atoms with Crippen LogP contribution in [0.2, 0.25) is 0 Å². The summed E-state index contributed by atoms with van der Waals surface area (Å²) in [4.78, 5) is 20.3. The molecule has 0 spiro atoms. The fourth-order valence-corrected chi connectivity index (χ4v) is 2.50. The third-order valence-corrected chi connectivity index (χ3v) is 3.71. The molecule has 1 aromatic rings. The lowest BCUT2D eigenvalue weighted by molar-refractivity contribution is -0.140. The maximum atomic E-state index is 11.4. The van der Waals surface area contributed by atoms with Crippen molar-refractivity contribution in [2.75, 3.05) is 56.3 Å². The molecule has 0 aliphatic carbocycles. The molecule has 0 saturated carbocycles. The van der Waals surface area contributed by atoms with Crippen molar-refractivity contribution in [1.29, 1.82) is 0 Å². The molecule has 23 heavy (non-hydrogen) atoms. The molecular formula is C17H25N3O3. The summed E-state index contributed by atoms with van der Waals surface area (Å²) in [5.74, 6) is 0.745. The second-order valence-corrected chi connectivity index (χ2v) is 5.68. The molecule has 2 rings (SSSR count). The zero-order valence-electron chi connectivity index (χ0n) is 14.0. The molecule has 1 aliphatic heterocycles. The standard InChI is InChI=1S/C17H25N3O3/c1-14(2)13-20(7-6-17(21)22-3)15-4-5-16(18-12-15)19-8-10-23-11-9-19/h4-5,12H,1,6-11,13H2,2-3H3. The molecule has 6 nitrogen and oxygen atoms in total. The number of nitrogens with zero attached hydrogens (tertiary/aromatic N) is 3. The lowest BCUT2D eigenvalue weighted by atomic mass is 10.2. The van der Waals surface area contributed by atoms with Gasteiger partial charge in [0, 0.05) is 26.2 Å². The van der Waals surface area contributed by atoms with Crippen LogP contribution in [0.5, 0.6) is 0 Å². The number of carbonyl (C=O) groups is 1. The minimum absolute atomic E-state index is 0.213. The Morgan fingerprint density at radius 3 is 2.74 bits per heavy atom. The Bertz CT molecular complexity index is 524. The number of morpholine rings is 1. The minimum atomic E-state index is -0.213. The summed E-state index contributed by atoms with van der Waals surface area (Å²) in [6.07, 6.45) is 2.19. The topological polar surface area (TPSA) is 54.9 Å². The van der Waals surface area contributed by atoms with Gasteiger partial charge in [-0.1, -0.05) is 12.2 Å². The molecule has 0 atom stereocenters. The molecule has 0 N–H and O–H groups in total. The second-order valence-electron chi connectivity index (χ2n) is 5.68. The number of anilines is 2. The maximum absolute atomic E-state index is 11.4. The molecule has 0 amide bonds. The number of carbonyl (C=O) groups excluding carboxylic acids is 1. The van der Waals surface area contributed by atoms with Crippen LogP contribution in [0.4, 0.5) is 11.5 Å². The van der Waals surface area contributed by atoms with E-state index in [2.05, 4.69) is 21.4 Å². The molecule has 0 aromatic carbocycles. The molecule has 0 bridgehead atoms. The van der Waals surface area contributed by atoms with E-state index in [-0.39, 0.29) is 5.97 Å². The van der Waals surface area contributed by atoms with E-state index in [4.69, 9.17) is 9.47 Å². The third kappa shape index (κ3) is 5.25. The fraction of sp³-hybridized carbons (Fsp3) is 0.529. The van der Waals surface area contributed by atoms with E-state index in [0.717, 1.165) is 43.4 Å². The van der Waals surface area contributed by atoms with Crippen molar-refractivity contribution in [2.45, 2.75) is 13.3 Å². The Hall–Kier alpha value is -2.08. The van der Waals surface area contributed by atoms with E-state index in [1.165, 1.54) is 7.11 Å². The van der Waals surface area contributed by atoms with Crippen LogP contribution in [0.1, 0.15) is 13.3 Å². The normalized spacial score (nSPS) is 14.4. The molecule has 2 heterocycles. The predicted octanol–water partition coefficient (Wildman–Crippen LogP) is 1.86. The van der Waals surface area contributed by atoms with Gasteiger partial charge in [-0.05, 0) is 19.1 Å². The van der Waals surface area contributed by atoms with Gasteiger partial charge in [-0.3, -0.25) is 4.79 Å². The molecule has 1 saturated heterocycles. The first-order valence-corrected chi connectivity index (χ1v) is 7.85. The Labute approximate surface area is 137 Å². The van der Waals surface area contributed by atoms with Gasteiger partial charge in [-0.25, -0.2) is 4.98 Å². The van der Waals surface area contributed by atoms with E-state index in [0.29, 0.717) is 19.5 Å². The average Bonchev–Trinajstić information content (AvgIpc) is 2.59. The Balaban J connectivity index is 2.04. The van der Waals surface area contributed by atoms with Crippen LogP contribution in [-0.2, 0) is 14.3 Å². The summed E-state index contributed by atoms with van der Waals surface area (Å²) < 4.78 is 10.1. The number of pyridine rings is 1. The van der Waals surface area contributed by atoms with E-state index in [1.807, 2.05) is 25.3 Å². The van der Waals surface area contributed by atoms with Crippen LogP contribution in [0.25, 0.3) is 0 Å². The first kappa shape index (κ1) is 17.3. The summed E-state index contributed by atoms with van der Waals surface area (Å²) in [7, 11) is 1.41. The number of hydrogen-bond donors (Lipinski definition) is 0. The van der Waals surface area contributed by atoms with E-state index < -0.39 is 0 Å². The number of rotatable bonds is 7. The van der Waals surface area contributed by atoms with Crippen molar-refractivity contribution < 1.29 is 14.3 Å². The van der Waals surface area contributed by atoms with E-state index >= 15 is 0 Å². The van der Waals surface area contributed by atoms with Gasteiger partial charge < -0.3 is 19.3 Å². The Morgan fingerprint density at radius 1 is 1.43 bits per heavy atom. The van der Waals surface area contributed by atoms with Crippen molar-refractivity contribution in [2.24, 2.45) is 0 Å². The maximum Gasteiger partial charge on any atom is 0.307 e. The zero-order valence-corrected chi connectivity index (χ0v) is 14.0. The summed E-state index contributed by atoms with van der Waals surface area (Å²) in [5.41, 5.74) is 2.01.